The molecule has 0 aromatic carbocycles. The van der Waals surface area contributed by atoms with E-state index in [0.29, 0.717) is 0 Å². The molecule has 32 heavy (non-hydrogen) atoms. The average Bonchev–Trinajstić information content (AvgIpc) is 2.74. The first-order chi connectivity index (χ1) is 15.1. The maximum atomic E-state index is 11.5. The van der Waals surface area contributed by atoms with Gasteiger partial charge < -0.3 is 47.7 Å². The number of carbonyl (C=O) groups is 6. The Hall–Kier alpha value is -3.66. The van der Waals surface area contributed by atoms with Gasteiger partial charge in [-0.25, -0.2) is 28.8 Å². The second kappa shape index (κ2) is 16.1. The smallest absolute Gasteiger partial charge is 0.451 e. The van der Waals surface area contributed by atoms with Crippen LogP contribution in [0.25, 0.3) is 0 Å². The van der Waals surface area contributed by atoms with E-state index in [4.69, 9.17) is 5.11 Å². The zero-order chi connectivity index (χ0) is 24.5. The zero-order valence-electron chi connectivity index (χ0n) is 17.3. The molecule has 16 heteroatoms. The van der Waals surface area contributed by atoms with E-state index in [9.17, 15) is 28.8 Å². The molecule has 0 saturated carbocycles. The molecule has 0 aromatic heterocycles. The van der Waals surface area contributed by atoms with Gasteiger partial charge >= 0.3 is 36.2 Å². The summed E-state index contributed by atoms with van der Waals surface area (Å²) in [5.74, 6) is -4.43. The van der Waals surface area contributed by atoms with Crippen LogP contribution in [-0.4, -0.2) is 94.2 Å². The number of aliphatic hydroxyl groups excluding tert-OH is 1. The molecule has 0 amide bonds. The second-order valence-corrected chi connectivity index (χ2v) is 5.26. The van der Waals surface area contributed by atoms with E-state index in [2.05, 4.69) is 42.6 Å². The topological polar surface area (TPSA) is 206 Å². The lowest BCUT2D eigenvalue weighted by atomic mass is 10.4. The molecule has 0 aliphatic heterocycles. The number of methoxy groups -OCH3 is 1. The van der Waals surface area contributed by atoms with Crippen LogP contribution in [0.3, 0.4) is 0 Å². The Morgan fingerprint density at radius 3 is 1.66 bits per heavy atom. The van der Waals surface area contributed by atoms with Crippen molar-refractivity contribution in [1.82, 2.24) is 0 Å². The van der Waals surface area contributed by atoms with Crippen LogP contribution in [0.4, 0.5) is 9.59 Å². The molecule has 0 aromatic rings. The van der Waals surface area contributed by atoms with Crippen LogP contribution in [0.5, 0.6) is 0 Å². The summed E-state index contributed by atoms with van der Waals surface area (Å²) < 4.78 is 39.5. The normalized spacial score (nSPS) is 11.8. The average molecular weight is 470 g/mol. The number of rotatable bonds is 13. The highest BCUT2D eigenvalue weighted by Gasteiger charge is 2.23. The van der Waals surface area contributed by atoms with Crippen LogP contribution in [0.1, 0.15) is 13.8 Å². The highest BCUT2D eigenvalue weighted by atomic mass is 16.9. The third kappa shape index (κ3) is 14.3. The maximum absolute atomic E-state index is 11.5. The van der Waals surface area contributed by atoms with Crippen LogP contribution in [-0.2, 0) is 61.8 Å². The maximum Gasteiger partial charge on any atom is 0.514 e. The van der Waals surface area contributed by atoms with E-state index in [1.165, 1.54) is 7.11 Å². The van der Waals surface area contributed by atoms with Gasteiger partial charge in [0.1, 0.15) is 6.10 Å². The third-order valence-electron chi connectivity index (χ3n) is 2.69. The van der Waals surface area contributed by atoms with Crippen molar-refractivity contribution in [3.8, 4) is 0 Å². The van der Waals surface area contributed by atoms with Gasteiger partial charge in [0, 0.05) is 7.11 Å². The van der Waals surface area contributed by atoms with E-state index >= 15 is 0 Å². The molecule has 0 spiro atoms. The summed E-state index contributed by atoms with van der Waals surface area (Å²) >= 11 is 0. The summed E-state index contributed by atoms with van der Waals surface area (Å²) in [6, 6.07) is 0. The van der Waals surface area contributed by atoms with E-state index in [1.54, 1.807) is 0 Å². The van der Waals surface area contributed by atoms with Gasteiger partial charge in [-0.15, -0.1) is 0 Å². The summed E-state index contributed by atoms with van der Waals surface area (Å²) in [5, 5.41) is 8.96. The third-order valence-corrected chi connectivity index (χ3v) is 2.69. The first-order valence-electron chi connectivity index (χ1n) is 8.51. The Kier molecular flexibility index (Phi) is 14.2. The zero-order valence-corrected chi connectivity index (χ0v) is 17.3. The van der Waals surface area contributed by atoms with E-state index in [1.807, 2.05) is 0 Å². The molecule has 0 radical (unpaired) electrons. The SMILES string of the molecule is COCOC(=O)OCOC(=O)OCOC(=O)COC(=O)COC(=O)C(C)OC(=O)C(C)O. The van der Waals surface area contributed by atoms with Crippen molar-refractivity contribution in [1.29, 1.82) is 0 Å². The minimum absolute atomic E-state index is 0.370. The highest BCUT2D eigenvalue weighted by molar-refractivity contribution is 5.83. The Morgan fingerprint density at radius 1 is 0.656 bits per heavy atom. The second-order valence-electron chi connectivity index (χ2n) is 5.26. The fourth-order valence-corrected chi connectivity index (χ4v) is 1.25. The summed E-state index contributed by atoms with van der Waals surface area (Å²) in [7, 11) is 1.26. The lowest BCUT2D eigenvalue weighted by Gasteiger charge is -2.13. The Bertz CT molecular complexity index is 656. The molecule has 0 aliphatic rings. The number of aliphatic hydroxyl groups is 1. The lowest BCUT2D eigenvalue weighted by Crippen LogP contribution is -2.32. The molecule has 0 saturated heterocycles. The largest absolute Gasteiger partial charge is 0.514 e. The molecule has 0 heterocycles. The molecule has 0 rings (SSSR count). The van der Waals surface area contributed by atoms with Gasteiger partial charge in [0.25, 0.3) is 0 Å². The number of esters is 4. The van der Waals surface area contributed by atoms with Crippen LogP contribution in [0.2, 0.25) is 0 Å². The molecule has 0 fully saturated rings. The molecule has 0 aliphatic carbocycles. The van der Waals surface area contributed by atoms with Gasteiger partial charge in [-0.2, -0.15) is 0 Å². The van der Waals surface area contributed by atoms with Crippen molar-refractivity contribution in [3.05, 3.63) is 0 Å². The number of carbonyl (C=O) groups excluding carboxylic acids is 6. The number of hydrogen-bond donors (Lipinski definition) is 1. The van der Waals surface area contributed by atoms with Crippen molar-refractivity contribution < 1.29 is 76.5 Å². The number of ether oxygens (including phenoxy) is 9. The molecule has 16 nitrogen and oxygen atoms in total. The molecule has 182 valence electrons. The van der Waals surface area contributed by atoms with Gasteiger partial charge in [0.15, 0.2) is 26.1 Å². The van der Waals surface area contributed by atoms with Crippen molar-refractivity contribution in [3.63, 3.8) is 0 Å². The van der Waals surface area contributed by atoms with Crippen LogP contribution in [0.15, 0.2) is 0 Å². The standard InChI is InChI=1S/C16H22O16/c1-9(17)13(20)32-10(2)14(21)26-5-11(18)25-4-12(19)27-7-29-16(23)31-8-30-15(22)28-6-24-3/h9-10,17H,4-8H2,1-3H3. The number of hydrogen-bond acceptors (Lipinski definition) is 16. The minimum atomic E-state index is -1.45. The molecule has 0 bridgehead atoms. The quantitative estimate of drug-likeness (QED) is 0.190. The molecule has 2 unspecified atom stereocenters. The van der Waals surface area contributed by atoms with Gasteiger partial charge in [0.05, 0.1) is 0 Å². The van der Waals surface area contributed by atoms with E-state index in [-0.39, 0.29) is 6.79 Å². The van der Waals surface area contributed by atoms with E-state index in [0.717, 1.165) is 13.8 Å². The highest BCUT2D eigenvalue weighted by Crippen LogP contribution is 1.99. The van der Waals surface area contributed by atoms with Gasteiger partial charge in [-0.05, 0) is 13.8 Å². The molecular formula is C16H22O16. The summed E-state index contributed by atoms with van der Waals surface area (Å²) in [6.07, 6.45) is -5.38. The predicted octanol–water partition coefficient (Wildman–Crippen LogP) is -1.25. The van der Waals surface area contributed by atoms with Crippen LogP contribution < -0.4 is 0 Å². The first kappa shape index (κ1) is 28.3. The minimum Gasteiger partial charge on any atom is -0.451 e. The Morgan fingerprint density at radius 2 is 1.12 bits per heavy atom. The molecule has 1 N–H and O–H groups in total. The van der Waals surface area contributed by atoms with Crippen LogP contribution in [0, 0.1) is 0 Å². The summed E-state index contributed by atoms with van der Waals surface area (Å²) in [4.78, 5) is 67.4. The van der Waals surface area contributed by atoms with Gasteiger partial charge in [0.2, 0.25) is 13.6 Å². The fraction of sp³-hybridized carbons (Fsp3) is 0.625. The summed E-state index contributed by atoms with van der Waals surface area (Å²) in [5.41, 5.74) is 0. The fourth-order valence-electron chi connectivity index (χ4n) is 1.25. The lowest BCUT2D eigenvalue weighted by molar-refractivity contribution is -0.176. The van der Waals surface area contributed by atoms with Crippen molar-refractivity contribution in [2.75, 3.05) is 40.7 Å². The van der Waals surface area contributed by atoms with E-state index < -0.39 is 75.2 Å². The first-order valence-corrected chi connectivity index (χ1v) is 8.51. The monoisotopic (exact) mass is 470 g/mol. The Balaban J connectivity index is 3.89. The van der Waals surface area contributed by atoms with Crippen LogP contribution >= 0.6 is 0 Å². The van der Waals surface area contributed by atoms with Gasteiger partial charge in [-0.1, -0.05) is 0 Å². The predicted molar refractivity (Wildman–Crippen MR) is 92.0 cm³/mol. The van der Waals surface area contributed by atoms with Crippen molar-refractivity contribution >= 4 is 36.2 Å². The molecular weight excluding hydrogens is 448 g/mol. The van der Waals surface area contributed by atoms with Crippen molar-refractivity contribution in [2.45, 2.75) is 26.1 Å². The summed E-state index contributed by atoms with van der Waals surface area (Å²) in [6.45, 7) is -1.66. The Labute approximate surface area is 180 Å². The molecule has 2 atom stereocenters. The van der Waals surface area contributed by atoms with Gasteiger partial charge in [-0.3, -0.25) is 0 Å². The van der Waals surface area contributed by atoms with Crippen molar-refractivity contribution in [2.24, 2.45) is 0 Å².